The van der Waals surface area contributed by atoms with Crippen LogP contribution in [-0.2, 0) is 4.79 Å². The summed E-state index contributed by atoms with van der Waals surface area (Å²) < 4.78 is 0. The van der Waals surface area contributed by atoms with Gasteiger partial charge in [-0.25, -0.2) is 0 Å². The van der Waals surface area contributed by atoms with E-state index >= 15 is 0 Å². The minimum absolute atomic E-state index is 0.0183. The molecule has 0 unspecified atom stereocenters. The average Bonchev–Trinajstić information content (AvgIpc) is 2.36. The molecular formula is C13H27N3O. The zero-order chi connectivity index (χ0) is 12.7. The SMILES string of the molecule is CCC[C@H](N)C(=O)NCC1CCN(CC)CC1. The Morgan fingerprint density at radius 1 is 1.41 bits per heavy atom. The Morgan fingerprint density at radius 2 is 2.06 bits per heavy atom. The summed E-state index contributed by atoms with van der Waals surface area (Å²) >= 11 is 0. The van der Waals surface area contributed by atoms with Crippen LogP contribution in [0.1, 0.15) is 39.5 Å². The molecular weight excluding hydrogens is 214 g/mol. The van der Waals surface area contributed by atoms with Gasteiger partial charge in [0.15, 0.2) is 0 Å². The number of nitrogens with two attached hydrogens (primary N) is 1. The smallest absolute Gasteiger partial charge is 0.236 e. The molecule has 4 heteroatoms. The van der Waals surface area contributed by atoms with Gasteiger partial charge in [0.1, 0.15) is 0 Å². The van der Waals surface area contributed by atoms with Crippen molar-refractivity contribution in [3.05, 3.63) is 0 Å². The lowest BCUT2D eigenvalue weighted by atomic mass is 9.96. The first kappa shape index (κ1) is 14.5. The van der Waals surface area contributed by atoms with Crippen LogP contribution in [0.4, 0.5) is 0 Å². The van der Waals surface area contributed by atoms with Crippen molar-refractivity contribution in [1.82, 2.24) is 10.2 Å². The number of carbonyl (C=O) groups excluding carboxylic acids is 1. The van der Waals surface area contributed by atoms with Crippen LogP contribution >= 0.6 is 0 Å². The highest BCUT2D eigenvalue weighted by Gasteiger charge is 2.19. The van der Waals surface area contributed by atoms with Crippen molar-refractivity contribution < 1.29 is 4.79 Å². The lowest BCUT2D eigenvalue weighted by Gasteiger charge is -2.31. The fraction of sp³-hybridized carbons (Fsp3) is 0.923. The van der Waals surface area contributed by atoms with E-state index in [9.17, 15) is 4.79 Å². The molecule has 1 saturated heterocycles. The Kier molecular flexibility index (Phi) is 6.52. The molecule has 1 aliphatic heterocycles. The van der Waals surface area contributed by atoms with Crippen LogP contribution in [0.2, 0.25) is 0 Å². The summed E-state index contributed by atoms with van der Waals surface area (Å²) in [5, 5.41) is 2.99. The van der Waals surface area contributed by atoms with E-state index in [0.29, 0.717) is 5.92 Å². The minimum atomic E-state index is -0.323. The van der Waals surface area contributed by atoms with E-state index in [1.807, 2.05) is 6.92 Å². The van der Waals surface area contributed by atoms with Gasteiger partial charge in [0.05, 0.1) is 6.04 Å². The molecule has 1 atom stereocenters. The molecule has 0 spiro atoms. The topological polar surface area (TPSA) is 58.4 Å². The molecule has 1 rings (SSSR count). The molecule has 1 heterocycles. The molecule has 100 valence electrons. The van der Waals surface area contributed by atoms with Gasteiger partial charge in [-0.15, -0.1) is 0 Å². The van der Waals surface area contributed by atoms with E-state index in [2.05, 4.69) is 17.1 Å². The van der Waals surface area contributed by atoms with Crippen LogP contribution in [-0.4, -0.2) is 43.0 Å². The van der Waals surface area contributed by atoms with Gasteiger partial charge in [-0.1, -0.05) is 20.3 Å². The summed E-state index contributed by atoms with van der Waals surface area (Å²) in [6.45, 7) is 8.52. The molecule has 0 aliphatic carbocycles. The molecule has 1 fully saturated rings. The lowest BCUT2D eigenvalue weighted by Crippen LogP contribution is -2.44. The number of nitrogens with zero attached hydrogens (tertiary/aromatic N) is 1. The van der Waals surface area contributed by atoms with Gasteiger partial charge in [-0.2, -0.15) is 0 Å². The fourth-order valence-electron chi connectivity index (χ4n) is 2.32. The first-order valence-electron chi connectivity index (χ1n) is 6.93. The third-order valence-corrected chi connectivity index (χ3v) is 3.66. The summed E-state index contributed by atoms with van der Waals surface area (Å²) in [5.41, 5.74) is 5.77. The Labute approximate surface area is 105 Å². The molecule has 0 saturated carbocycles. The summed E-state index contributed by atoms with van der Waals surface area (Å²) in [5.74, 6) is 0.653. The number of carbonyl (C=O) groups is 1. The zero-order valence-electron chi connectivity index (χ0n) is 11.2. The van der Waals surface area contributed by atoms with E-state index in [1.165, 1.54) is 12.8 Å². The molecule has 1 aliphatic rings. The third-order valence-electron chi connectivity index (χ3n) is 3.66. The largest absolute Gasteiger partial charge is 0.354 e. The third kappa shape index (κ3) is 5.04. The summed E-state index contributed by atoms with van der Waals surface area (Å²) in [4.78, 5) is 14.1. The number of likely N-dealkylation sites (tertiary alicyclic amines) is 1. The maximum atomic E-state index is 11.6. The number of amides is 1. The van der Waals surface area contributed by atoms with Gasteiger partial charge >= 0.3 is 0 Å². The Balaban J connectivity index is 2.16. The van der Waals surface area contributed by atoms with Crippen molar-refractivity contribution >= 4 is 5.91 Å². The molecule has 4 nitrogen and oxygen atoms in total. The van der Waals surface area contributed by atoms with E-state index in [1.54, 1.807) is 0 Å². The van der Waals surface area contributed by atoms with Crippen molar-refractivity contribution in [2.75, 3.05) is 26.2 Å². The molecule has 0 aromatic carbocycles. The summed E-state index contributed by atoms with van der Waals surface area (Å²) in [6.07, 6.45) is 4.12. The van der Waals surface area contributed by atoms with Gasteiger partial charge in [0.25, 0.3) is 0 Å². The number of hydrogen-bond acceptors (Lipinski definition) is 3. The van der Waals surface area contributed by atoms with Gasteiger partial charge in [-0.05, 0) is 44.8 Å². The van der Waals surface area contributed by atoms with Crippen LogP contribution < -0.4 is 11.1 Å². The monoisotopic (exact) mass is 241 g/mol. The summed E-state index contributed by atoms with van der Waals surface area (Å²) in [6, 6.07) is -0.323. The van der Waals surface area contributed by atoms with E-state index in [-0.39, 0.29) is 11.9 Å². The van der Waals surface area contributed by atoms with Gasteiger partial charge in [0.2, 0.25) is 5.91 Å². The number of nitrogens with one attached hydrogen (secondary N) is 1. The predicted octanol–water partition coefficient (Wildman–Crippen LogP) is 0.962. The quantitative estimate of drug-likeness (QED) is 0.728. The highest BCUT2D eigenvalue weighted by molar-refractivity contribution is 5.81. The normalized spacial score (nSPS) is 20.2. The van der Waals surface area contributed by atoms with Gasteiger partial charge in [-0.3, -0.25) is 4.79 Å². The average molecular weight is 241 g/mol. The number of rotatable bonds is 6. The Morgan fingerprint density at radius 3 is 2.59 bits per heavy atom. The molecule has 0 bridgehead atoms. The molecule has 1 amide bonds. The molecule has 0 aromatic rings. The van der Waals surface area contributed by atoms with Crippen molar-refractivity contribution in [3.63, 3.8) is 0 Å². The number of hydrogen-bond donors (Lipinski definition) is 2. The van der Waals surface area contributed by atoms with Crippen LogP contribution in [0.5, 0.6) is 0 Å². The highest BCUT2D eigenvalue weighted by atomic mass is 16.2. The summed E-state index contributed by atoms with van der Waals surface area (Å²) in [7, 11) is 0. The van der Waals surface area contributed by atoms with Crippen LogP contribution in [0.3, 0.4) is 0 Å². The maximum Gasteiger partial charge on any atom is 0.236 e. The Hall–Kier alpha value is -0.610. The molecule has 0 radical (unpaired) electrons. The van der Waals surface area contributed by atoms with Crippen molar-refractivity contribution in [2.24, 2.45) is 11.7 Å². The lowest BCUT2D eigenvalue weighted by molar-refractivity contribution is -0.122. The van der Waals surface area contributed by atoms with Crippen molar-refractivity contribution in [3.8, 4) is 0 Å². The second kappa shape index (κ2) is 7.67. The van der Waals surface area contributed by atoms with E-state index < -0.39 is 0 Å². The van der Waals surface area contributed by atoms with Crippen molar-refractivity contribution in [2.45, 2.75) is 45.6 Å². The van der Waals surface area contributed by atoms with E-state index in [0.717, 1.165) is 39.0 Å². The maximum absolute atomic E-state index is 11.6. The zero-order valence-corrected chi connectivity index (χ0v) is 11.2. The van der Waals surface area contributed by atoms with Crippen LogP contribution in [0.15, 0.2) is 0 Å². The van der Waals surface area contributed by atoms with Crippen LogP contribution in [0, 0.1) is 5.92 Å². The standard InChI is InChI=1S/C13H27N3O/c1-3-5-12(14)13(17)15-10-11-6-8-16(4-2)9-7-11/h11-12H,3-10,14H2,1-2H3,(H,15,17)/t12-/m0/s1. The van der Waals surface area contributed by atoms with E-state index in [4.69, 9.17) is 5.73 Å². The molecule has 0 aromatic heterocycles. The van der Waals surface area contributed by atoms with Crippen LogP contribution in [0.25, 0.3) is 0 Å². The second-order valence-corrected chi connectivity index (χ2v) is 5.02. The van der Waals surface area contributed by atoms with Gasteiger partial charge in [0, 0.05) is 6.54 Å². The highest BCUT2D eigenvalue weighted by Crippen LogP contribution is 2.15. The minimum Gasteiger partial charge on any atom is -0.354 e. The second-order valence-electron chi connectivity index (χ2n) is 5.02. The Bertz CT molecular complexity index is 225. The van der Waals surface area contributed by atoms with Gasteiger partial charge < -0.3 is 16.0 Å². The number of piperidine rings is 1. The van der Waals surface area contributed by atoms with Crippen molar-refractivity contribution in [1.29, 1.82) is 0 Å². The molecule has 3 N–H and O–H groups in total. The first-order valence-corrected chi connectivity index (χ1v) is 6.93. The fourth-order valence-corrected chi connectivity index (χ4v) is 2.32. The first-order chi connectivity index (χ1) is 8.17. The predicted molar refractivity (Wildman–Crippen MR) is 70.7 cm³/mol. The molecule has 17 heavy (non-hydrogen) atoms.